The first kappa shape index (κ1) is 16.0. The molecule has 0 aliphatic carbocycles. The molecular weight excluding hydrogens is 337 g/mol. The lowest BCUT2D eigenvalue weighted by Gasteiger charge is -2.45. The summed E-state index contributed by atoms with van der Waals surface area (Å²) < 4.78 is 13.7. The van der Waals surface area contributed by atoms with Gasteiger partial charge in [0.15, 0.2) is 5.11 Å². The van der Waals surface area contributed by atoms with Crippen molar-refractivity contribution in [3.05, 3.63) is 65.5 Å². The van der Waals surface area contributed by atoms with Crippen LogP contribution in [0.15, 0.2) is 48.5 Å². The van der Waals surface area contributed by atoms with Crippen molar-refractivity contribution in [1.82, 2.24) is 9.80 Å². The van der Waals surface area contributed by atoms with Gasteiger partial charge in [0.05, 0.1) is 12.6 Å². The van der Waals surface area contributed by atoms with Gasteiger partial charge in [-0.25, -0.2) is 4.39 Å². The van der Waals surface area contributed by atoms with Crippen molar-refractivity contribution in [2.75, 3.05) is 25.0 Å². The second-order valence-electron chi connectivity index (χ2n) is 6.37. The van der Waals surface area contributed by atoms with Crippen molar-refractivity contribution >= 4 is 28.9 Å². The summed E-state index contributed by atoms with van der Waals surface area (Å²) in [6.07, 6.45) is 0.768. The second-order valence-corrected chi connectivity index (χ2v) is 6.76. The molecule has 2 aliphatic heterocycles. The minimum absolute atomic E-state index is 0.0309. The molecule has 2 aromatic rings. The molecule has 0 saturated carbocycles. The number of piperazine rings is 1. The van der Waals surface area contributed by atoms with Crippen LogP contribution in [0, 0.1) is 5.82 Å². The predicted octanol–water partition coefficient (Wildman–Crippen LogP) is 2.96. The highest BCUT2D eigenvalue weighted by Crippen LogP contribution is 2.33. The summed E-state index contributed by atoms with van der Waals surface area (Å²) in [6.45, 7) is 1.50. The lowest BCUT2D eigenvalue weighted by molar-refractivity contribution is -0.138. The molecular formula is C19H18FN3OS. The van der Waals surface area contributed by atoms with E-state index in [4.69, 9.17) is 12.2 Å². The van der Waals surface area contributed by atoms with Crippen molar-refractivity contribution < 1.29 is 9.18 Å². The average molecular weight is 355 g/mol. The molecule has 25 heavy (non-hydrogen) atoms. The van der Waals surface area contributed by atoms with Crippen molar-refractivity contribution in [3.63, 3.8) is 0 Å². The van der Waals surface area contributed by atoms with E-state index >= 15 is 0 Å². The van der Waals surface area contributed by atoms with Crippen molar-refractivity contribution in [2.24, 2.45) is 0 Å². The average Bonchev–Trinajstić information content (AvgIpc) is 2.62. The fourth-order valence-corrected chi connectivity index (χ4v) is 3.83. The summed E-state index contributed by atoms with van der Waals surface area (Å²) in [7, 11) is 0. The Hall–Kier alpha value is -2.47. The number of benzene rings is 2. The number of hydrogen-bond donors (Lipinski definition) is 1. The summed E-state index contributed by atoms with van der Waals surface area (Å²) in [5.41, 5.74) is 2.89. The van der Waals surface area contributed by atoms with Gasteiger partial charge in [0.1, 0.15) is 5.82 Å². The number of thiocarbonyl (C=S) groups is 1. The third kappa shape index (κ3) is 3.09. The van der Waals surface area contributed by atoms with Crippen molar-refractivity contribution in [2.45, 2.75) is 12.5 Å². The number of carbonyl (C=O) groups excluding carboxylic acids is 1. The quantitative estimate of drug-likeness (QED) is 0.798. The second kappa shape index (κ2) is 6.44. The molecule has 2 heterocycles. The zero-order valence-corrected chi connectivity index (χ0v) is 14.4. The van der Waals surface area contributed by atoms with Gasteiger partial charge < -0.3 is 15.1 Å². The maximum Gasteiger partial charge on any atom is 0.242 e. The van der Waals surface area contributed by atoms with Crippen LogP contribution in [-0.2, 0) is 11.2 Å². The third-order valence-corrected chi connectivity index (χ3v) is 5.18. The lowest BCUT2D eigenvalue weighted by Crippen LogP contribution is -2.56. The smallest absolute Gasteiger partial charge is 0.242 e. The van der Waals surface area contributed by atoms with Gasteiger partial charge in [-0.05, 0) is 54.0 Å². The molecule has 0 bridgehead atoms. The van der Waals surface area contributed by atoms with E-state index in [9.17, 15) is 9.18 Å². The first-order valence-corrected chi connectivity index (χ1v) is 8.71. The Balaban J connectivity index is 1.58. The van der Waals surface area contributed by atoms with E-state index in [-0.39, 0.29) is 24.3 Å². The fourth-order valence-electron chi connectivity index (χ4n) is 3.57. The molecule has 4 nitrogen and oxygen atoms in total. The summed E-state index contributed by atoms with van der Waals surface area (Å²) in [4.78, 5) is 16.3. The van der Waals surface area contributed by atoms with Crippen LogP contribution >= 0.6 is 12.2 Å². The van der Waals surface area contributed by atoms with Crippen LogP contribution < -0.4 is 5.32 Å². The van der Waals surface area contributed by atoms with Gasteiger partial charge in [0.2, 0.25) is 5.91 Å². The van der Waals surface area contributed by atoms with Gasteiger partial charge in [-0.1, -0.05) is 24.3 Å². The fraction of sp³-hybridized carbons (Fsp3) is 0.263. The molecule has 2 aromatic carbocycles. The zero-order chi connectivity index (χ0) is 17.4. The Morgan fingerprint density at radius 2 is 2.00 bits per heavy atom. The van der Waals surface area contributed by atoms with E-state index in [0.29, 0.717) is 18.2 Å². The highest BCUT2D eigenvalue weighted by Gasteiger charge is 2.37. The first-order valence-electron chi connectivity index (χ1n) is 8.30. The van der Waals surface area contributed by atoms with E-state index in [1.807, 2.05) is 46.2 Å². The molecule has 1 saturated heterocycles. The van der Waals surface area contributed by atoms with Crippen LogP contribution in [0.5, 0.6) is 0 Å². The van der Waals surface area contributed by atoms with E-state index in [2.05, 4.69) is 5.32 Å². The number of fused-ring (bicyclic) bond motifs is 3. The Labute approximate surface area is 151 Å². The zero-order valence-electron chi connectivity index (χ0n) is 13.6. The molecule has 1 fully saturated rings. The number of anilines is 1. The van der Waals surface area contributed by atoms with Gasteiger partial charge in [0, 0.05) is 18.8 Å². The summed E-state index contributed by atoms with van der Waals surface area (Å²) in [5, 5.41) is 3.69. The van der Waals surface area contributed by atoms with Crippen molar-refractivity contribution in [1.29, 1.82) is 0 Å². The predicted molar refractivity (Wildman–Crippen MR) is 98.8 cm³/mol. The summed E-state index contributed by atoms with van der Waals surface area (Å²) in [5.74, 6) is -0.237. The SMILES string of the molecule is O=C1CN(C(=S)Nc2ccccc2)CC2c3cc(F)ccc3CCN12. The van der Waals surface area contributed by atoms with Crippen LogP contribution in [0.25, 0.3) is 0 Å². The number of nitrogens with zero attached hydrogens (tertiary/aromatic N) is 2. The van der Waals surface area contributed by atoms with E-state index in [1.165, 1.54) is 6.07 Å². The third-order valence-electron chi connectivity index (χ3n) is 4.82. The maximum absolute atomic E-state index is 13.7. The van der Waals surface area contributed by atoms with Crippen LogP contribution in [-0.4, -0.2) is 40.5 Å². The van der Waals surface area contributed by atoms with Gasteiger partial charge in [-0.3, -0.25) is 4.79 Å². The molecule has 1 atom stereocenters. The maximum atomic E-state index is 13.7. The van der Waals surface area contributed by atoms with Gasteiger partial charge in [-0.2, -0.15) is 0 Å². The van der Waals surface area contributed by atoms with E-state index < -0.39 is 0 Å². The lowest BCUT2D eigenvalue weighted by atomic mass is 9.90. The molecule has 1 N–H and O–H groups in total. The molecule has 6 heteroatoms. The van der Waals surface area contributed by atoms with Crippen LogP contribution in [0.4, 0.5) is 10.1 Å². The number of hydrogen-bond acceptors (Lipinski definition) is 2. The Morgan fingerprint density at radius 3 is 2.80 bits per heavy atom. The van der Waals surface area contributed by atoms with Crippen molar-refractivity contribution in [3.8, 4) is 0 Å². The summed E-state index contributed by atoms with van der Waals surface area (Å²) in [6, 6.07) is 14.3. The number of halogens is 1. The highest BCUT2D eigenvalue weighted by molar-refractivity contribution is 7.80. The highest BCUT2D eigenvalue weighted by atomic mass is 32.1. The summed E-state index contributed by atoms with van der Waals surface area (Å²) >= 11 is 5.50. The number of para-hydroxylation sites is 1. The monoisotopic (exact) mass is 355 g/mol. The molecule has 0 aromatic heterocycles. The topological polar surface area (TPSA) is 35.6 Å². The van der Waals surface area contributed by atoms with Crippen LogP contribution in [0.3, 0.4) is 0 Å². The molecule has 4 rings (SSSR count). The minimum Gasteiger partial charge on any atom is -0.337 e. The Bertz CT molecular complexity index is 827. The van der Waals surface area contributed by atoms with Gasteiger partial charge in [-0.15, -0.1) is 0 Å². The standard InChI is InChI=1S/C19H18FN3OS/c20-14-7-6-13-8-9-23-17(16(13)10-14)11-22(12-18(23)24)19(25)21-15-4-2-1-3-5-15/h1-7,10,17H,8-9,11-12H2,(H,21,25). The van der Waals surface area contributed by atoms with E-state index in [0.717, 1.165) is 23.2 Å². The molecule has 0 radical (unpaired) electrons. The molecule has 128 valence electrons. The first-order chi connectivity index (χ1) is 12.1. The van der Waals surface area contributed by atoms with Gasteiger partial charge in [0.25, 0.3) is 0 Å². The largest absolute Gasteiger partial charge is 0.337 e. The molecule has 1 amide bonds. The Morgan fingerprint density at radius 1 is 1.20 bits per heavy atom. The normalized spacial score (nSPS) is 19.2. The number of rotatable bonds is 1. The van der Waals surface area contributed by atoms with E-state index in [1.54, 1.807) is 6.07 Å². The van der Waals surface area contributed by atoms with Gasteiger partial charge >= 0.3 is 0 Å². The molecule has 0 spiro atoms. The van der Waals surface area contributed by atoms with Crippen LogP contribution in [0.1, 0.15) is 17.2 Å². The minimum atomic E-state index is -0.268. The number of amides is 1. The number of nitrogens with one attached hydrogen (secondary N) is 1. The van der Waals surface area contributed by atoms with Crippen LogP contribution in [0.2, 0.25) is 0 Å². The number of carbonyl (C=O) groups is 1. The molecule has 1 unspecified atom stereocenters. The molecule has 2 aliphatic rings. The Kier molecular flexibility index (Phi) is 4.13.